The summed E-state index contributed by atoms with van der Waals surface area (Å²) in [6.45, 7) is 3.67. The van der Waals surface area contributed by atoms with Crippen LogP contribution in [-0.4, -0.2) is 5.97 Å². The summed E-state index contributed by atoms with van der Waals surface area (Å²) < 4.78 is 11.2. The van der Waals surface area contributed by atoms with E-state index in [0.29, 0.717) is 37.9 Å². The smallest absolute Gasteiger partial charge is 0.340 e. The first-order valence-electron chi connectivity index (χ1n) is 8.10. The van der Waals surface area contributed by atoms with E-state index in [1.807, 2.05) is 0 Å². The molecule has 0 aliphatic rings. The summed E-state index contributed by atoms with van der Waals surface area (Å²) in [5.41, 5.74) is 1.72. The minimum atomic E-state index is -1.33. The zero-order valence-electron chi connectivity index (χ0n) is 14.6. The van der Waals surface area contributed by atoms with Crippen molar-refractivity contribution in [3.8, 4) is 5.75 Å². The van der Waals surface area contributed by atoms with Gasteiger partial charge in [0.15, 0.2) is 0 Å². The number of hydrogen-bond donors (Lipinski definition) is 0. The van der Waals surface area contributed by atoms with Gasteiger partial charge in [-0.2, -0.15) is 0 Å². The maximum atomic E-state index is 12.2. The molecule has 0 radical (unpaired) electrons. The lowest BCUT2D eigenvalue weighted by atomic mass is 10.0. The van der Waals surface area contributed by atoms with Crippen molar-refractivity contribution < 1.29 is 19.1 Å². The minimum Gasteiger partial charge on any atom is -0.550 e. The van der Waals surface area contributed by atoms with Crippen LogP contribution in [0.1, 0.15) is 22.3 Å². The van der Waals surface area contributed by atoms with Crippen LogP contribution in [0.5, 0.6) is 5.75 Å². The minimum absolute atomic E-state index is 0.0866. The Morgan fingerprint density at radius 3 is 2.56 bits per heavy atom. The molecule has 1 heterocycles. The lowest BCUT2D eigenvalue weighted by Crippen LogP contribution is -2.27. The van der Waals surface area contributed by atoms with Crippen molar-refractivity contribution in [2.24, 2.45) is 0 Å². The topological polar surface area (TPSA) is 79.6 Å². The molecule has 0 saturated heterocycles. The third kappa shape index (κ3) is 3.94. The molecule has 0 saturated carbocycles. The Morgan fingerprint density at radius 1 is 1.15 bits per heavy atom. The molecular weight excluding hydrogens is 391 g/mol. The molecule has 0 unspecified atom stereocenters. The standard InChI is InChI=1S/C20H16Cl2O5/c1-10-14-5-6-17(26-9-12-3-4-13(21)7-16(12)22)11(2)19(14)27-20(25)15(10)8-18(23)24/h3-7H,8-9H2,1-2H3,(H,23,24)/p-1. The van der Waals surface area contributed by atoms with Crippen molar-refractivity contribution in [3.05, 3.63) is 73.1 Å². The zero-order valence-corrected chi connectivity index (χ0v) is 16.1. The second-order valence-electron chi connectivity index (χ2n) is 6.13. The SMILES string of the molecule is Cc1c(CC(=O)[O-])c(=O)oc2c(C)c(OCc3ccc(Cl)cc3Cl)ccc12. The van der Waals surface area contributed by atoms with Crippen molar-refractivity contribution >= 4 is 40.1 Å². The van der Waals surface area contributed by atoms with Gasteiger partial charge in [-0.05, 0) is 43.7 Å². The maximum absolute atomic E-state index is 12.2. The summed E-state index contributed by atoms with van der Waals surface area (Å²) in [6, 6.07) is 8.61. The van der Waals surface area contributed by atoms with Crippen molar-refractivity contribution in [3.63, 3.8) is 0 Å². The number of carboxylic acids is 1. The highest BCUT2D eigenvalue weighted by Gasteiger charge is 2.15. The van der Waals surface area contributed by atoms with Crippen LogP contribution >= 0.6 is 23.2 Å². The van der Waals surface area contributed by atoms with Gasteiger partial charge in [-0.15, -0.1) is 0 Å². The molecular formula is C20H15Cl2O5-. The fraction of sp³-hybridized carbons (Fsp3) is 0.200. The first-order chi connectivity index (χ1) is 12.8. The van der Waals surface area contributed by atoms with E-state index in [2.05, 4.69) is 0 Å². The highest BCUT2D eigenvalue weighted by atomic mass is 35.5. The van der Waals surface area contributed by atoms with E-state index in [0.717, 1.165) is 5.56 Å². The molecule has 7 heteroatoms. The molecule has 0 amide bonds. The first kappa shape index (κ1) is 19.3. The van der Waals surface area contributed by atoms with Crippen molar-refractivity contribution in [1.29, 1.82) is 0 Å². The summed E-state index contributed by atoms with van der Waals surface area (Å²) in [4.78, 5) is 23.0. The van der Waals surface area contributed by atoms with Crippen LogP contribution in [0.4, 0.5) is 0 Å². The maximum Gasteiger partial charge on any atom is 0.340 e. The Kier molecular flexibility index (Phi) is 5.44. The second kappa shape index (κ2) is 7.62. The summed E-state index contributed by atoms with van der Waals surface area (Å²) in [7, 11) is 0. The molecule has 0 aliphatic carbocycles. The Bertz CT molecular complexity index is 1100. The van der Waals surface area contributed by atoms with Gasteiger partial charge in [-0.1, -0.05) is 29.3 Å². The highest BCUT2D eigenvalue weighted by molar-refractivity contribution is 6.35. The average Bonchev–Trinajstić information content (AvgIpc) is 2.60. The van der Waals surface area contributed by atoms with Gasteiger partial charge in [0.2, 0.25) is 0 Å². The molecule has 0 fully saturated rings. The Morgan fingerprint density at radius 2 is 1.89 bits per heavy atom. The Balaban J connectivity index is 1.97. The average molecular weight is 406 g/mol. The van der Waals surface area contributed by atoms with Gasteiger partial charge in [0.05, 0.1) is 0 Å². The van der Waals surface area contributed by atoms with E-state index in [4.69, 9.17) is 32.4 Å². The molecule has 3 rings (SSSR count). The molecule has 3 aromatic rings. The van der Waals surface area contributed by atoms with Gasteiger partial charge >= 0.3 is 5.63 Å². The van der Waals surface area contributed by atoms with Crippen molar-refractivity contribution in [1.82, 2.24) is 0 Å². The number of benzene rings is 2. The van der Waals surface area contributed by atoms with Crippen LogP contribution in [0, 0.1) is 13.8 Å². The summed E-state index contributed by atoms with van der Waals surface area (Å²) in [5.74, 6) is -0.801. The van der Waals surface area contributed by atoms with E-state index in [-0.39, 0.29) is 12.2 Å². The molecule has 0 spiro atoms. The quantitative estimate of drug-likeness (QED) is 0.605. The number of carbonyl (C=O) groups is 1. The summed E-state index contributed by atoms with van der Waals surface area (Å²) >= 11 is 12.0. The zero-order chi connectivity index (χ0) is 19.7. The van der Waals surface area contributed by atoms with Crippen LogP contribution < -0.4 is 15.5 Å². The molecule has 2 aromatic carbocycles. The van der Waals surface area contributed by atoms with E-state index in [1.165, 1.54) is 0 Å². The molecule has 140 valence electrons. The number of hydrogen-bond acceptors (Lipinski definition) is 5. The molecule has 27 heavy (non-hydrogen) atoms. The number of aryl methyl sites for hydroxylation is 2. The molecule has 1 aromatic heterocycles. The van der Waals surface area contributed by atoms with E-state index in [9.17, 15) is 14.7 Å². The van der Waals surface area contributed by atoms with Gasteiger partial charge in [-0.25, -0.2) is 4.79 Å². The lowest BCUT2D eigenvalue weighted by molar-refractivity contribution is -0.304. The van der Waals surface area contributed by atoms with Crippen LogP contribution in [0.25, 0.3) is 11.0 Å². The van der Waals surface area contributed by atoms with Crippen LogP contribution in [0.2, 0.25) is 10.0 Å². The van der Waals surface area contributed by atoms with Crippen LogP contribution in [0.3, 0.4) is 0 Å². The van der Waals surface area contributed by atoms with Crippen LogP contribution in [-0.2, 0) is 17.8 Å². The van der Waals surface area contributed by atoms with Gasteiger partial charge in [0.25, 0.3) is 0 Å². The van der Waals surface area contributed by atoms with Crippen LogP contribution in [0.15, 0.2) is 39.5 Å². The van der Waals surface area contributed by atoms with E-state index >= 15 is 0 Å². The van der Waals surface area contributed by atoms with Crippen molar-refractivity contribution in [2.45, 2.75) is 26.9 Å². The lowest BCUT2D eigenvalue weighted by Gasteiger charge is -2.14. The Hall–Kier alpha value is -2.50. The predicted octanol–water partition coefficient (Wildman–Crippen LogP) is 3.59. The van der Waals surface area contributed by atoms with Crippen molar-refractivity contribution in [2.75, 3.05) is 0 Å². The Labute approximate surface area is 165 Å². The molecule has 0 N–H and O–H groups in total. The van der Waals surface area contributed by atoms with E-state index in [1.54, 1.807) is 44.2 Å². The number of carbonyl (C=O) groups excluding carboxylic acids is 1. The number of aliphatic carboxylic acids is 1. The summed E-state index contributed by atoms with van der Waals surface area (Å²) in [5, 5.41) is 12.6. The molecule has 0 bridgehead atoms. The van der Waals surface area contributed by atoms with Gasteiger partial charge in [0, 0.05) is 44.5 Å². The number of fused-ring (bicyclic) bond motifs is 1. The molecule has 5 nitrogen and oxygen atoms in total. The predicted molar refractivity (Wildman–Crippen MR) is 101 cm³/mol. The molecule has 0 atom stereocenters. The largest absolute Gasteiger partial charge is 0.550 e. The highest BCUT2D eigenvalue weighted by Crippen LogP contribution is 2.30. The third-order valence-electron chi connectivity index (χ3n) is 4.37. The fourth-order valence-corrected chi connectivity index (χ4v) is 3.33. The monoisotopic (exact) mass is 405 g/mol. The molecule has 0 aliphatic heterocycles. The van der Waals surface area contributed by atoms with E-state index < -0.39 is 18.0 Å². The fourth-order valence-electron chi connectivity index (χ4n) is 2.87. The second-order valence-corrected chi connectivity index (χ2v) is 6.98. The number of rotatable bonds is 5. The number of carboxylic acid groups (broad SMARTS) is 1. The third-order valence-corrected chi connectivity index (χ3v) is 4.96. The first-order valence-corrected chi connectivity index (χ1v) is 8.86. The van der Waals surface area contributed by atoms with Gasteiger partial charge in [-0.3, -0.25) is 0 Å². The number of ether oxygens (including phenoxy) is 1. The number of halogens is 2. The summed E-state index contributed by atoms with van der Waals surface area (Å²) in [6.07, 6.45) is -0.490. The normalized spacial score (nSPS) is 11.0. The van der Waals surface area contributed by atoms with Gasteiger partial charge in [0.1, 0.15) is 17.9 Å². The van der Waals surface area contributed by atoms with Gasteiger partial charge < -0.3 is 19.1 Å².